The van der Waals surface area contributed by atoms with E-state index in [0.29, 0.717) is 0 Å². The standard InChI is InChI=1S/C12H15N3O2S2/c1-3-9(11-13-4-5-18-11)15-12-14-8(7-19-12)6-10(16)17-2/h4-5,7,9H,3,6H2,1-2H3,(H,14,15). The molecule has 0 aliphatic carbocycles. The van der Waals surface area contributed by atoms with Crippen LogP contribution in [0.3, 0.4) is 0 Å². The predicted octanol–water partition coefficient (Wildman–Crippen LogP) is 2.88. The van der Waals surface area contributed by atoms with Crippen LogP contribution >= 0.6 is 22.7 Å². The van der Waals surface area contributed by atoms with Crippen molar-refractivity contribution >= 4 is 33.8 Å². The maximum Gasteiger partial charge on any atom is 0.311 e. The average molecular weight is 297 g/mol. The Hall–Kier alpha value is -1.47. The molecule has 0 aromatic carbocycles. The summed E-state index contributed by atoms with van der Waals surface area (Å²) in [7, 11) is 1.38. The van der Waals surface area contributed by atoms with Crippen LogP contribution in [0.2, 0.25) is 0 Å². The van der Waals surface area contributed by atoms with Crippen molar-refractivity contribution in [3.63, 3.8) is 0 Å². The van der Waals surface area contributed by atoms with E-state index in [-0.39, 0.29) is 18.4 Å². The first-order valence-electron chi connectivity index (χ1n) is 5.90. The van der Waals surface area contributed by atoms with Crippen molar-refractivity contribution in [2.45, 2.75) is 25.8 Å². The highest BCUT2D eigenvalue weighted by Gasteiger charge is 2.14. The van der Waals surface area contributed by atoms with Gasteiger partial charge in [0.1, 0.15) is 5.01 Å². The van der Waals surface area contributed by atoms with Gasteiger partial charge in [0.05, 0.1) is 25.3 Å². The molecule has 0 radical (unpaired) electrons. The molecule has 1 atom stereocenters. The number of anilines is 1. The molecular weight excluding hydrogens is 282 g/mol. The van der Waals surface area contributed by atoms with Gasteiger partial charge in [0.2, 0.25) is 0 Å². The molecule has 0 saturated heterocycles. The average Bonchev–Trinajstić information content (AvgIpc) is 3.07. The maximum absolute atomic E-state index is 11.2. The Balaban J connectivity index is 2.00. The highest BCUT2D eigenvalue weighted by Crippen LogP contribution is 2.26. The summed E-state index contributed by atoms with van der Waals surface area (Å²) in [6, 6.07) is 0.164. The second kappa shape index (κ2) is 6.63. The van der Waals surface area contributed by atoms with Crippen LogP contribution in [-0.4, -0.2) is 23.0 Å². The van der Waals surface area contributed by atoms with Crippen molar-refractivity contribution in [1.82, 2.24) is 9.97 Å². The quantitative estimate of drug-likeness (QED) is 0.831. The minimum absolute atomic E-state index is 0.164. The third-order valence-corrected chi connectivity index (χ3v) is 4.27. The van der Waals surface area contributed by atoms with E-state index in [9.17, 15) is 4.79 Å². The van der Waals surface area contributed by atoms with Gasteiger partial charge >= 0.3 is 5.97 Å². The summed E-state index contributed by atoms with van der Waals surface area (Å²) in [6.45, 7) is 2.10. The molecule has 19 heavy (non-hydrogen) atoms. The van der Waals surface area contributed by atoms with Gasteiger partial charge in [0, 0.05) is 17.0 Å². The summed E-state index contributed by atoms with van der Waals surface area (Å²) in [4.78, 5) is 19.9. The first kappa shape index (κ1) is 14.0. The predicted molar refractivity (Wildman–Crippen MR) is 76.6 cm³/mol. The zero-order valence-corrected chi connectivity index (χ0v) is 12.4. The zero-order valence-electron chi connectivity index (χ0n) is 10.8. The third-order valence-electron chi connectivity index (χ3n) is 2.56. The van der Waals surface area contributed by atoms with Crippen molar-refractivity contribution in [1.29, 1.82) is 0 Å². The van der Waals surface area contributed by atoms with E-state index in [1.807, 2.05) is 10.8 Å². The van der Waals surface area contributed by atoms with E-state index in [1.165, 1.54) is 18.4 Å². The minimum atomic E-state index is -0.274. The minimum Gasteiger partial charge on any atom is -0.469 e. The molecule has 2 rings (SSSR count). The third kappa shape index (κ3) is 3.74. The number of carbonyl (C=O) groups excluding carboxylic acids is 1. The lowest BCUT2D eigenvalue weighted by atomic mass is 10.2. The number of nitrogens with zero attached hydrogens (tertiary/aromatic N) is 2. The van der Waals surface area contributed by atoms with E-state index < -0.39 is 0 Å². The van der Waals surface area contributed by atoms with Crippen molar-refractivity contribution in [3.05, 3.63) is 27.7 Å². The first-order valence-corrected chi connectivity index (χ1v) is 7.66. The number of nitrogens with one attached hydrogen (secondary N) is 1. The van der Waals surface area contributed by atoms with Crippen LogP contribution in [-0.2, 0) is 16.0 Å². The molecule has 2 aromatic heterocycles. The fourth-order valence-electron chi connectivity index (χ4n) is 1.57. The summed E-state index contributed by atoms with van der Waals surface area (Å²) in [5.41, 5.74) is 0.730. The SMILES string of the molecule is CCC(Nc1nc(CC(=O)OC)cs1)c1nccs1. The van der Waals surface area contributed by atoms with Gasteiger partial charge < -0.3 is 10.1 Å². The number of hydrogen-bond donors (Lipinski definition) is 1. The molecule has 0 aliphatic heterocycles. The molecule has 0 saturated carbocycles. The molecule has 7 heteroatoms. The van der Waals surface area contributed by atoms with Gasteiger partial charge in [-0.3, -0.25) is 4.79 Å². The topological polar surface area (TPSA) is 64.1 Å². The van der Waals surface area contributed by atoms with Crippen LogP contribution in [0.1, 0.15) is 30.1 Å². The van der Waals surface area contributed by atoms with E-state index in [2.05, 4.69) is 26.9 Å². The normalized spacial score (nSPS) is 12.1. The smallest absolute Gasteiger partial charge is 0.311 e. The van der Waals surface area contributed by atoms with E-state index in [4.69, 9.17) is 0 Å². The summed E-state index contributed by atoms with van der Waals surface area (Å²) >= 11 is 3.11. The van der Waals surface area contributed by atoms with Crippen LogP contribution in [0.25, 0.3) is 0 Å². The van der Waals surface area contributed by atoms with Gasteiger partial charge in [-0.05, 0) is 6.42 Å². The molecule has 2 heterocycles. The second-order valence-corrected chi connectivity index (χ2v) is 5.66. The molecule has 2 aromatic rings. The Morgan fingerprint density at radius 3 is 3.00 bits per heavy atom. The molecule has 0 spiro atoms. The van der Waals surface area contributed by atoms with Crippen molar-refractivity contribution in [2.24, 2.45) is 0 Å². The van der Waals surface area contributed by atoms with Gasteiger partial charge in [0.15, 0.2) is 5.13 Å². The first-order chi connectivity index (χ1) is 9.22. The summed E-state index contributed by atoms with van der Waals surface area (Å²) in [6.07, 6.45) is 2.94. The molecule has 5 nitrogen and oxygen atoms in total. The van der Waals surface area contributed by atoms with E-state index >= 15 is 0 Å². The number of ether oxygens (including phenoxy) is 1. The van der Waals surface area contributed by atoms with Crippen LogP contribution in [0.5, 0.6) is 0 Å². The fourth-order valence-corrected chi connectivity index (χ4v) is 3.11. The Morgan fingerprint density at radius 2 is 2.37 bits per heavy atom. The molecule has 0 fully saturated rings. The highest BCUT2D eigenvalue weighted by molar-refractivity contribution is 7.13. The van der Waals surface area contributed by atoms with E-state index in [1.54, 1.807) is 17.5 Å². The molecule has 102 valence electrons. The number of thiazole rings is 2. The number of aromatic nitrogens is 2. The molecule has 1 N–H and O–H groups in total. The highest BCUT2D eigenvalue weighted by atomic mass is 32.1. The van der Waals surface area contributed by atoms with Gasteiger partial charge in [-0.15, -0.1) is 22.7 Å². The lowest BCUT2D eigenvalue weighted by molar-refractivity contribution is -0.139. The number of rotatable bonds is 6. The summed E-state index contributed by atoms with van der Waals surface area (Å²) in [5.74, 6) is -0.274. The van der Waals surface area contributed by atoms with Crippen LogP contribution in [0, 0.1) is 0 Å². The van der Waals surface area contributed by atoms with Crippen LogP contribution in [0.4, 0.5) is 5.13 Å². The molecule has 1 unspecified atom stereocenters. The fraction of sp³-hybridized carbons (Fsp3) is 0.417. The Kier molecular flexibility index (Phi) is 4.86. The van der Waals surface area contributed by atoms with Crippen molar-refractivity contribution in [3.8, 4) is 0 Å². The van der Waals surface area contributed by atoms with E-state index in [0.717, 1.165) is 22.3 Å². The second-order valence-electron chi connectivity index (χ2n) is 3.87. The number of hydrogen-bond acceptors (Lipinski definition) is 7. The molecule has 0 aliphatic rings. The Morgan fingerprint density at radius 1 is 1.53 bits per heavy atom. The van der Waals surface area contributed by atoms with Gasteiger partial charge in [-0.25, -0.2) is 9.97 Å². The molecular formula is C12H15N3O2S2. The monoisotopic (exact) mass is 297 g/mol. The Labute approximate surface area is 119 Å². The van der Waals surface area contributed by atoms with Crippen LogP contribution in [0.15, 0.2) is 17.0 Å². The van der Waals surface area contributed by atoms with Gasteiger partial charge in [-0.1, -0.05) is 6.92 Å². The lowest BCUT2D eigenvalue weighted by Crippen LogP contribution is -2.09. The van der Waals surface area contributed by atoms with Crippen molar-refractivity contribution < 1.29 is 9.53 Å². The van der Waals surface area contributed by atoms with Gasteiger partial charge in [-0.2, -0.15) is 0 Å². The van der Waals surface area contributed by atoms with Gasteiger partial charge in [0.25, 0.3) is 0 Å². The largest absolute Gasteiger partial charge is 0.469 e. The number of carbonyl (C=O) groups is 1. The Bertz CT molecular complexity index is 525. The summed E-state index contributed by atoms with van der Waals surface area (Å²) < 4.78 is 4.62. The molecule has 0 bridgehead atoms. The van der Waals surface area contributed by atoms with Crippen molar-refractivity contribution in [2.75, 3.05) is 12.4 Å². The zero-order chi connectivity index (χ0) is 13.7. The maximum atomic E-state index is 11.2. The summed E-state index contributed by atoms with van der Waals surface area (Å²) in [5, 5.41) is 9.03. The number of methoxy groups -OCH3 is 1. The number of esters is 1. The lowest BCUT2D eigenvalue weighted by Gasteiger charge is -2.12. The van der Waals surface area contributed by atoms with Crippen LogP contribution < -0.4 is 5.32 Å². The molecule has 0 amide bonds.